The minimum Gasteiger partial charge on any atom is -0.352 e. The Kier molecular flexibility index (Phi) is 8.65. The fourth-order valence-electron chi connectivity index (χ4n) is 3.91. The predicted octanol–water partition coefficient (Wildman–Crippen LogP) is 6.06. The molecular formula is C24H27Cl3N2O2. The van der Waals surface area contributed by atoms with Crippen LogP contribution in [0.4, 0.5) is 0 Å². The zero-order valence-corrected chi connectivity index (χ0v) is 19.8. The van der Waals surface area contributed by atoms with Crippen molar-refractivity contribution in [3.63, 3.8) is 0 Å². The van der Waals surface area contributed by atoms with Crippen molar-refractivity contribution in [2.75, 3.05) is 0 Å². The summed E-state index contributed by atoms with van der Waals surface area (Å²) in [6.07, 6.45) is 5.57. The first-order valence-electron chi connectivity index (χ1n) is 10.6. The summed E-state index contributed by atoms with van der Waals surface area (Å²) >= 11 is 18.2. The summed E-state index contributed by atoms with van der Waals surface area (Å²) in [4.78, 5) is 27.9. The molecule has 1 aliphatic rings. The summed E-state index contributed by atoms with van der Waals surface area (Å²) < 4.78 is 0. The Morgan fingerprint density at radius 1 is 1.00 bits per heavy atom. The third-order valence-electron chi connectivity index (χ3n) is 5.70. The number of carbonyl (C=O) groups excluding carboxylic acids is 2. The fraction of sp³-hybridized carbons (Fsp3) is 0.417. The highest BCUT2D eigenvalue weighted by Crippen LogP contribution is 2.24. The number of halogens is 3. The Bertz CT molecular complexity index is 929. The van der Waals surface area contributed by atoms with Crippen molar-refractivity contribution in [1.82, 2.24) is 10.2 Å². The zero-order valence-electron chi connectivity index (χ0n) is 17.5. The monoisotopic (exact) mass is 480 g/mol. The minimum atomic E-state index is -0.615. The first kappa shape index (κ1) is 23.9. The second-order valence-electron chi connectivity index (χ2n) is 8.10. The smallest absolute Gasteiger partial charge is 0.242 e. The van der Waals surface area contributed by atoms with E-state index in [1.54, 1.807) is 36.1 Å². The molecule has 1 saturated carbocycles. The third-order valence-corrected chi connectivity index (χ3v) is 6.67. The second kappa shape index (κ2) is 11.2. The molecule has 1 fully saturated rings. The summed E-state index contributed by atoms with van der Waals surface area (Å²) in [7, 11) is 0. The highest BCUT2D eigenvalue weighted by atomic mass is 35.5. The molecule has 0 radical (unpaired) electrons. The highest BCUT2D eigenvalue weighted by Gasteiger charge is 2.28. The topological polar surface area (TPSA) is 49.4 Å². The minimum absolute atomic E-state index is 0.124. The van der Waals surface area contributed by atoms with Crippen LogP contribution in [-0.2, 0) is 22.6 Å². The van der Waals surface area contributed by atoms with Gasteiger partial charge in [-0.2, -0.15) is 0 Å². The van der Waals surface area contributed by atoms with Crippen molar-refractivity contribution in [3.05, 3.63) is 68.7 Å². The Morgan fingerprint density at radius 3 is 2.42 bits per heavy atom. The molecule has 4 nitrogen and oxygen atoms in total. The van der Waals surface area contributed by atoms with E-state index in [-0.39, 0.29) is 24.3 Å². The molecular weight excluding hydrogens is 455 g/mol. The molecule has 3 rings (SSSR count). The van der Waals surface area contributed by atoms with Gasteiger partial charge in [-0.25, -0.2) is 0 Å². The number of hydrogen-bond donors (Lipinski definition) is 1. The van der Waals surface area contributed by atoms with Gasteiger partial charge < -0.3 is 10.2 Å². The molecule has 0 saturated heterocycles. The molecule has 31 heavy (non-hydrogen) atoms. The average molecular weight is 482 g/mol. The first-order valence-corrected chi connectivity index (χ1v) is 11.7. The van der Waals surface area contributed by atoms with E-state index >= 15 is 0 Å². The third kappa shape index (κ3) is 6.86. The lowest BCUT2D eigenvalue weighted by Crippen LogP contribution is -2.50. The Morgan fingerprint density at radius 2 is 1.74 bits per heavy atom. The molecule has 0 unspecified atom stereocenters. The molecule has 1 N–H and O–H groups in total. The second-order valence-corrected chi connectivity index (χ2v) is 9.35. The van der Waals surface area contributed by atoms with E-state index in [1.807, 2.05) is 18.2 Å². The molecule has 0 heterocycles. The van der Waals surface area contributed by atoms with Gasteiger partial charge >= 0.3 is 0 Å². The van der Waals surface area contributed by atoms with Gasteiger partial charge in [-0.15, -0.1) is 0 Å². The van der Waals surface area contributed by atoms with E-state index in [0.29, 0.717) is 21.6 Å². The molecule has 0 aliphatic heterocycles. The van der Waals surface area contributed by atoms with E-state index in [0.717, 1.165) is 36.8 Å². The van der Waals surface area contributed by atoms with Crippen LogP contribution in [0.1, 0.15) is 50.2 Å². The SMILES string of the molecule is C[C@H](C(=O)NC1CCCCC1)N(Cc1cccc(Cl)c1)C(=O)Cc1ccc(Cl)c(Cl)c1. The molecule has 7 heteroatoms. The van der Waals surface area contributed by atoms with Crippen LogP contribution in [0, 0.1) is 0 Å². The number of hydrogen-bond acceptors (Lipinski definition) is 2. The standard InChI is InChI=1S/C24H27Cl3N2O2/c1-16(24(31)28-20-8-3-2-4-9-20)29(15-18-6-5-7-19(25)12-18)23(30)14-17-10-11-21(26)22(27)13-17/h5-7,10-13,16,20H,2-4,8-9,14-15H2,1H3,(H,28,31)/t16-/m1/s1. The van der Waals surface area contributed by atoms with Crippen LogP contribution in [0.15, 0.2) is 42.5 Å². The summed E-state index contributed by atoms with van der Waals surface area (Å²) in [5.74, 6) is -0.291. The summed E-state index contributed by atoms with van der Waals surface area (Å²) in [6, 6.07) is 12.0. The van der Waals surface area contributed by atoms with Gasteiger partial charge in [0.25, 0.3) is 0 Å². The van der Waals surface area contributed by atoms with E-state index in [9.17, 15) is 9.59 Å². The number of nitrogens with one attached hydrogen (secondary N) is 1. The van der Waals surface area contributed by atoms with Crippen LogP contribution in [0.5, 0.6) is 0 Å². The Balaban J connectivity index is 1.77. The summed E-state index contributed by atoms with van der Waals surface area (Å²) in [5.41, 5.74) is 1.61. The Hall–Kier alpha value is -1.75. The van der Waals surface area contributed by atoms with Crippen molar-refractivity contribution < 1.29 is 9.59 Å². The number of nitrogens with zero attached hydrogens (tertiary/aromatic N) is 1. The quantitative estimate of drug-likeness (QED) is 0.523. The largest absolute Gasteiger partial charge is 0.352 e. The zero-order chi connectivity index (χ0) is 22.4. The van der Waals surface area contributed by atoms with Gasteiger partial charge in [0, 0.05) is 17.6 Å². The van der Waals surface area contributed by atoms with Crippen molar-refractivity contribution in [2.45, 2.75) is 64.1 Å². The van der Waals surface area contributed by atoms with E-state index in [1.165, 1.54) is 6.42 Å². The maximum absolute atomic E-state index is 13.3. The number of rotatable bonds is 7. The lowest BCUT2D eigenvalue weighted by atomic mass is 9.95. The highest BCUT2D eigenvalue weighted by molar-refractivity contribution is 6.42. The maximum atomic E-state index is 13.3. The van der Waals surface area contributed by atoms with Gasteiger partial charge in [-0.05, 0) is 55.2 Å². The van der Waals surface area contributed by atoms with Crippen molar-refractivity contribution in [1.29, 1.82) is 0 Å². The molecule has 2 aromatic rings. The molecule has 166 valence electrons. The molecule has 1 atom stereocenters. The van der Waals surface area contributed by atoms with E-state index < -0.39 is 6.04 Å². The van der Waals surface area contributed by atoms with Crippen molar-refractivity contribution >= 4 is 46.6 Å². The van der Waals surface area contributed by atoms with Crippen LogP contribution in [0.25, 0.3) is 0 Å². The summed E-state index contributed by atoms with van der Waals surface area (Å²) in [5, 5.41) is 4.56. The first-order chi connectivity index (χ1) is 14.8. The molecule has 0 aromatic heterocycles. The maximum Gasteiger partial charge on any atom is 0.242 e. The van der Waals surface area contributed by atoms with Crippen molar-refractivity contribution in [2.24, 2.45) is 0 Å². The van der Waals surface area contributed by atoms with Crippen LogP contribution in [0.2, 0.25) is 15.1 Å². The molecule has 0 bridgehead atoms. The molecule has 0 spiro atoms. The lowest BCUT2D eigenvalue weighted by Gasteiger charge is -2.31. The van der Waals surface area contributed by atoms with E-state index in [4.69, 9.17) is 34.8 Å². The van der Waals surface area contributed by atoms with Gasteiger partial charge in [-0.1, -0.05) is 72.3 Å². The van der Waals surface area contributed by atoms with Gasteiger partial charge in [-0.3, -0.25) is 9.59 Å². The number of benzene rings is 2. The van der Waals surface area contributed by atoms with Gasteiger partial charge in [0.1, 0.15) is 6.04 Å². The molecule has 2 amide bonds. The normalized spacial score (nSPS) is 15.4. The van der Waals surface area contributed by atoms with Crippen molar-refractivity contribution in [3.8, 4) is 0 Å². The fourth-order valence-corrected chi connectivity index (χ4v) is 4.44. The van der Waals surface area contributed by atoms with Crippen LogP contribution in [0.3, 0.4) is 0 Å². The van der Waals surface area contributed by atoms with Gasteiger partial charge in [0.05, 0.1) is 16.5 Å². The predicted molar refractivity (Wildman–Crippen MR) is 127 cm³/mol. The van der Waals surface area contributed by atoms with E-state index in [2.05, 4.69) is 5.32 Å². The van der Waals surface area contributed by atoms with Crippen LogP contribution < -0.4 is 5.32 Å². The van der Waals surface area contributed by atoms with Crippen LogP contribution >= 0.6 is 34.8 Å². The van der Waals surface area contributed by atoms with Gasteiger partial charge in [0.15, 0.2) is 0 Å². The average Bonchev–Trinajstić information content (AvgIpc) is 2.75. The van der Waals surface area contributed by atoms with Gasteiger partial charge in [0.2, 0.25) is 11.8 Å². The Labute approximate surface area is 198 Å². The van der Waals surface area contributed by atoms with Crippen LogP contribution in [-0.4, -0.2) is 28.8 Å². The number of amides is 2. The molecule has 1 aliphatic carbocycles. The lowest BCUT2D eigenvalue weighted by molar-refractivity contribution is -0.140. The summed E-state index contributed by atoms with van der Waals surface area (Å²) in [6.45, 7) is 2.06. The number of carbonyl (C=O) groups is 2. The molecule has 2 aromatic carbocycles.